The smallest absolute Gasteiger partial charge is 0.290 e. The van der Waals surface area contributed by atoms with Gasteiger partial charge in [0.15, 0.2) is 0 Å². The summed E-state index contributed by atoms with van der Waals surface area (Å²) in [5, 5.41) is 13.7. The summed E-state index contributed by atoms with van der Waals surface area (Å²) in [6.07, 6.45) is 0. The molecule has 0 amide bonds. The topological polar surface area (TPSA) is 74.6 Å². The van der Waals surface area contributed by atoms with Crippen LogP contribution in [0.1, 0.15) is 0 Å². The molecule has 0 fully saturated rings. The second-order valence-electron chi connectivity index (χ2n) is 0.197. The van der Waals surface area contributed by atoms with Crippen LogP contribution in [0.4, 0.5) is 0 Å². The SMILES string of the molecule is O=CO.O=[C-]O.[Zn].[Zn]. The molecule has 0 aromatic heterocycles. The van der Waals surface area contributed by atoms with Crippen LogP contribution in [0.2, 0.25) is 0 Å². The van der Waals surface area contributed by atoms with Crippen molar-refractivity contribution >= 4 is 12.9 Å². The Kier molecular flexibility index (Phi) is 173. The predicted molar refractivity (Wildman–Crippen MR) is 17.0 cm³/mol. The van der Waals surface area contributed by atoms with Gasteiger partial charge < -0.3 is 15.0 Å². The van der Waals surface area contributed by atoms with Crippen LogP contribution in [-0.2, 0) is 48.5 Å². The minimum Gasteiger partial charge on any atom is -0.665 e. The summed E-state index contributed by atoms with van der Waals surface area (Å²) in [6.45, 7) is 0.250. The van der Waals surface area contributed by atoms with Gasteiger partial charge in [-0.05, 0) is 0 Å². The zero-order valence-corrected chi connectivity index (χ0v) is 10.1. The van der Waals surface area contributed by atoms with Crippen LogP contribution in [0.3, 0.4) is 0 Å². The maximum absolute atomic E-state index is 8.36. The molecule has 6 heteroatoms. The Morgan fingerprint density at radius 2 is 1.38 bits per heavy atom. The molecule has 0 rings (SSSR count). The molecule has 0 atom stereocenters. The quantitative estimate of drug-likeness (QED) is 0.323. The van der Waals surface area contributed by atoms with Crippen molar-refractivity contribution in [3.8, 4) is 0 Å². The molecule has 4 nitrogen and oxygen atoms in total. The van der Waals surface area contributed by atoms with Gasteiger partial charge in [0.2, 0.25) is 0 Å². The van der Waals surface area contributed by atoms with E-state index in [1.165, 1.54) is 0 Å². The van der Waals surface area contributed by atoms with Gasteiger partial charge >= 0.3 is 0 Å². The van der Waals surface area contributed by atoms with Crippen molar-refractivity contribution in [2.45, 2.75) is 0 Å². The number of aliphatic hydroxyl groups excluding tert-OH is 1. The van der Waals surface area contributed by atoms with Gasteiger partial charge in [-0.15, -0.1) is 0 Å². The number of hydrogen-bond acceptors (Lipinski definition) is 2. The van der Waals surface area contributed by atoms with Crippen molar-refractivity contribution in [3.05, 3.63) is 0 Å². The number of hydrogen-bond donors (Lipinski definition) is 2. The molecule has 0 aromatic rings. The van der Waals surface area contributed by atoms with Crippen LogP contribution in [0.5, 0.6) is 0 Å². The Balaban J connectivity index is -0.0000000160. The molecular weight excluding hydrogens is 219 g/mol. The summed E-state index contributed by atoms with van der Waals surface area (Å²) in [6, 6.07) is 0. The summed E-state index contributed by atoms with van der Waals surface area (Å²) < 4.78 is 0. The standard InChI is InChI=1S/CH2O2.CHO2.2Zn/c2*2-1-3;;/h1H,(H,2,3);(H,2,3);;/q;-1;;. The maximum Gasteiger partial charge on any atom is 0.290 e. The first kappa shape index (κ1) is 24.1. The Hall–Kier alpha value is 0.187. The maximum atomic E-state index is 8.36. The fourth-order valence-electron chi connectivity index (χ4n) is 0. The molecule has 0 aliphatic heterocycles. The van der Waals surface area contributed by atoms with Gasteiger partial charge in [-0.2, -0.15) is 0 Å². The van der Waals surface area contributed by atoms with E-state index < -0.39 is 0 Å². The summed E-state index contributed by atoms with van der Waals surface area (Å²) in [7, 11) is 0. The first-order valence-corrected chi connectivity index (χ1v) is 0.922. The van der Waals surface area contributed by atoms with E-state index in [0.717, 1.165) is 0 Å². The molecule has 0 aliphatic rings. The minimum atomic E-state index is -0.250. The average molecular weight is 222 g/mol. The van der Waals surface area contributed by atoms with Crippen molar-refractivity contribution in [2.24, 2.45) is 0 Å². The van der Waals surface area contributed by atoms with Gasteiger partial charge in [0.25, 0.3) is 6.47 Å². The molecule has 0 unspecified atom stereocenters. The third-order valence-electron chi connectivity index (χ3n) is 0. The molecule has 0 radical (unpaired) electrons. The normalized spacial score (nSPS) is 3.00. The molecule has 2 N–H and O–H groups in total. The first-order valence-electron chi connectivity index (χ1n) is 0.922. The van der Waals surface area contributed by atoms with Gasteiger partial charge in [-0.25, -0.2) is 0 Å². The fraction of sp³-hybridized carbons (Fsp3) is 0. The zero-order valence-electron chi connectivity index (χ0n) is 4.20. The number of carbonyl (C=O) groups is 1. The molecule has 8 heavy (non-hydrogen) atoms. The van der Waals surface area contributed by atoms with E-state index in [-0.39, 0.29) is 45.4 Å². The summed E-state index contributed by atoms with van der Waals surface area (Å²) >= 11 is 0. The molecule has 0 heterocycles. The minimum absolute atomic E-state index is 0. The largest absolute Gasteiger partial charge is 0.665 e. The Bertz CT molecular complexity index is 33.0. The molecule has 40 valence electrons. The van der Waals surface area contributed by atoms with E-state index in [1.54, 1.807) is 0 Å². The average Bonchev–Trinajstić information content (AvgIpc) is 1.39. The van der Waals surface area contributed by atoms with Crippen molar-refractivity contribution in [1.29, 1.82) is 0 Å². The third-order valence-corrected chi connectivity index (χ3v) is 0. The Labute approximate surface area is 71.8 Å². The molecular formula is C2H3O4Zn2-. The summed E-state index contributed by atoms with van der Waals surface area (Å²) in [5.41, 5.74) is 0. The molecule has 0 aromatic carbocycles. The van der Waals surface area contributed by atoms with E-state index in [4.69, 9.17) is 19.8 Å². The van der Waals surface area contributed by atoms with E-state index in [2.05, 4.69) is 0 Å². The predicted octanol–water partition coefficient (Wildman–Crippen LogP) is -0.693. The van der Waals surface area contributed by atoms with Gasteiger partial charge in [-0.1, -0.05) is 6.47 Å². The van der Waals surface area contributed by atoms with Crippen LogP contribution in [0.25, 0.3) is 0 Å². The van der Waals surface area contributed by atoms with E-state index in [9.17, 15) is 0 Å². The number of carboxylic acid groups (broad SMARTS) is 1. The van der Waals surface area contributed by atoms with Gasteiger partial charge in [0.1, 0.15) is 0 Å². The fourth-order valence-corrected chi connectivity index (χ4v) is 0. The van der Waals surface area contributed by atoms with Crippen molar-refractivity contribution < 1.29 is 58.8 Å². The molecule has 0 aliphatic carbocycles. The molecule has 0 spiro atoms. The van der Waals surface area contributed by atoms with Gasteiger partial charge in [-0.3, -0.25) is 4.79 Å². The summed E-state index contributed by atoms with van der Waals surface area (Å²) in [4.78, 5) is 16.6. The van der Waals surface area contributed by atoms with Gasteiger partial charge in [0, 0.05) is 39.0 Å². The van der Waals surface area contributed by atoms with Crippen LogP contribution >= 0.6 is 0 Å². The van der Waals surface area contributed by atoms with E-state index >= 15 is 0 Å². The van der Waals surface area contributed by atoms with Crippen LogP contribution in [0.15, 0.2) is 0 Å². The van der Waals surface area contributed by atoms with Crippen molar-refractivity contribution in [1.82, 2.24) is 0 Å². The van der Waals surface area contributed by atoms with E-state index in [1.807, 2.05) is 0 Å². The van der Waals surface area contributed by atoms with Crippen LogP contribution in [0, 0.1) is 0 Å². The first-order chi connectivity index (χ1) is 2.83. The third kappa shape index (κ3) is 4770. The number of rotatable bonds is 0. The van der Waals surface area contributed by atoms with Crippen LogP contribution in [-0.4, -0.2) is 23.2 Å². The molecule has 0 bridgehead atoms. The molecule has 0 saturated heterocycles. The van der Waals surface area contributed by atoms with Crippen molar-refractivity contribution in [3.63, 3.8) is 0 Å². The second kappa shape index (κ2) is 57.5. The Morgan fingerprint density at radius 1 is 1.38 bits per heavy atom. The monoisotopic (exact) mass is 219 g/mol. The van der Waals surface area contributed by atoms with E-state index in [0.29, 0.717) is 6.47 Å². The van der Waals surface area contributed by atoms with Crippen molar-refractivity contribution in [2.75, 3.05) is 0 Å². The second-order valence-corrected chi connectivity index (χ2v) is 0.197. The summed E-state index contributed by atoms with van der Waals surface area (Å²) in [5.74, 6) is 0. The van der Waals surface area contributed by atoms with Gasteiger partial charge in [0.05, 0.1) is 0 Å². The van der Waals surface area contributed by atoms with Crippen LogP contribution < -0.4 is 0 Å². The molecule has 0 saturated carbocycles. The Morgan fingerprint density at radius 3 is 1.38 bits per heavy atom. The zero-order chi connectivity index (χ0) is 5.41.